The lowest BCUT2D eigenvalue weighted by molar-refractivity contribution is -0.137. The van der Waals surface area contributed by atoms with Crippen LogP contribution < -0.4 is 5.73 Å². The minimum atomic E-state index is -1.11. The van der Waals surface area contributed by atoms with Gasteiger partial charge in [0, 0.05) is 25.6 Å². The van der Waals surface area contributed by atoms with Crippen molar-refractivity contribution in [2.24, 2.45) is 5.73 Å². The first-order valence-corrected chi connectivity index (χ1v) is 5.66. The van der Waals surface area contributed by atoms with E-state index in [1.54, 1.807) is 11.8 Å². The van der Waals surface area contributed by atoms with Gasteiger partial charge in [-0.1, -0.05) is 5.21 Å². The van der Waals surface area contributed by atoms with E-state index in [1.807, 2.05) is 0 Å². The molecule has 1 amide bonds. The number of carbonyl (C=O) groups excluding carboxylic acids is 1. The van der Waals surface area contributed by atoms with Crippen LogP contribution in [0.1, 0.15) is 29.9 Å². The van der Waals surface area contributed by atoms with Crippen LogP contribution in [0.5, 0.6) is 0 Å². The maximum atomic E-state index is 11.6. The average molecular weight is 253 g/mol. The highest BCUT2D eigenvalue weighted by molar-refractivity contribution is 5.84. The molecule has 1 aromatic heterocycles. The molecule has 1 aliphatic heterocycles. The standard InChI is InChI=1S/C10H15N5O3/c1-6(11)2-9(16)14-3-7(4-14)15-5-8(10(17)18)12-13-15/h5-7H,2-4,11H2,1H3,(H,17,18). The first-order chi connectivity index (χ1) is 8.47. The average Bonchev–Trinajstić information content (AvgIpc) is 2.62. The van der Waals surface area contributed by atoms with Crippen molar-refractivity contribution in [2.75, 3.05) is 13.1 Å². The first-order valence-electron chi connectivity index (χ1n) is 5.66. The summed E-state index contributed by atoms with van der Waals surface area (Å²) in [6, 6.07) is -0.149. The zero-order valence-corrected chi connectivity index (χ0v) is 9.98. The van der Waals surface area contributed by atoms with Gasteiger partial charge in [-0.2, -0.15) is 0 Å². The highest BCUT2D eigenvalue weighted by Gasteiger charge is 2.33. The number of aromatic carboxylic acids is 1. The van der Waals surface area contributed by atoms with Crippen molar-refractivity contribution < 1.29 is 14.7 Å². The number of likely N-dealkylation sites (tertiary alicyclic amines) is 1. The fraction of sp³-hybridized carbons (Fsp3) is 0.600. The van der Waals surface area contributed by atoms with E-state index < -0.39 is 5.97 Å². The summed E-state index contributed by atoms with van der Waals surface area (Å²) in [6.07, 6.45) is 1.70. The summed E-state index contributed by atoms with van der Waals surface area (Å²) in [5.74, 6) is -1.09. The SMILES string of the molecule is CC(N)CC(=O)N1CC(n2cc(C(=O)O)nn2)C1. The van der Waals surface area contributed by atoms with Crippen molar-refractivity contribution in [1.82, 2.24) is 19.9 Å². The molecule has 1 atom stereocenters. The van der Waals surface area contributed by atoms with E-state index >= 15 is 0 Å². The van der Waals surface area contributed by atoms with Crippen LogP contribution in [-0.4, -0.2) is 56.0 Å². The number of rotatable bonds is 4. The van der Waals surface area contributed by atoms with Crippen LogP contribution in [0.25, 0.3) is 0 Å². The van der Waals surface area contributed by atoms with Crippen LogP contribution in [0.3, 0.4) is 0 Å². The monoisotopic (exact) mass is 253 g/mol. The van der Waals surface area contributed by atoms with Crippen LogP contribution in [0.15, 0.2) is 6.20 Å². The van der Waals surface area contributed by atoms with Crippen molar-refractivity contribution in [3.8, 4) is 0 Å². The van der Waals surface area contributed by atoms with Crippen molar-refractivity contribution in [1.29, 1.82) is 0 Å². The molecule has 0 bridgehead atoms. The van der Waals surface area contributed by atoms with Gasteiger partial charge in [-0.15, -0.1) is 5.10 Å². The van der Waals surface area contributed by atoms with Crippen LogP contribution in [0.2, 0.25) is 0 Å². The summed E-state index contributed by atoms with van der Waals surface area (Å²) in [7, 11) is 0. The van der Waals surface area contributed by atoms with E-state index in [9.17, 15) is 9.59 Å². The van der Waals surface area contributed by atoms with E-state index in [4.69, 9.17) is 10.8 Å². The van der Waals surface area contributed by atoms with Crippen LogP contribution in [0, 0.1) is 0 Å². The molecule has 0 radical (unpaired) electrons. The molecule has 18 heavy (non-hydrogen) atoms. The van der Waals surface area contributed by atoms with Gasteiger partial charge in [-0.05, 0) is 6.92 Å². The lowest BCUT2D eigenvalue weighted by Gasteiger charge is -2.39. The molecule has 0 aliphatic carbocycles. The predicted octanol–water partition coefficient (Wildman–Crippen LogP) is -0.903. The van der Waals surface area contributed by atoms with Gasteiger partial charge in [0.2, 0.25) is 5.91 Å². The Morgan fingerprint density at radius 3 is 2.78 bits per heavy atom. The van der Waals surface area contributed by atoms with Crippen molar-refractivity contribution >= 4 is 11.9 Å². The Labute approximate surface area is 103 Å². The van der Waals surface area contributed by atoms with Gasteiger partial charge in [0.15, 0.2) is 5.69 Å². The van der Waals surface area contributed by atoms with Crippen LogP contribution >= 0.6 is 0 Å². The minimum Gasteiger partial charge on any atom is -0.476 e. The lowest BCUT2D eigenvalue weighted by Crippen LogP contribution is -2.51. The maximum Gasteiger partial charge on any atom is 0.358 e. The summed E-state index contributed by atoms with van der Waals surface area (Å²) >= 11 is 0. The number of hydrogen-bond donors (Lipinski definition) is 2. The Bertz CT molecular complexity index is 464. The van der Waals surface area contributed by atoms with Crippen molar-refractivity contribution in [3.05, 3.63) is 11.9 Å². The molecule has 8 heteroatoms. The van der Waals surface area contributed by atoms with Crippen molar-refractivity contribution in [2.45, 2.75) is 25.4 Å². The molecule has 1 fully saturated rings. The molecule has 8 nitrogen and oxygen atoms in total. The van der Waals surface area contributed by atoms with Crippen molar-refractivity contribution in [3.63, 3.8) is 0 Å². The fourth-order valence-electron chi connectivity index (χ4n) is 1.78. The largest absolute Gasteiger partial charge is 0.476 e. The number of carbonyl (C=O) groups is 2. The zero-order chi connectivity index (χ0) is 13.3. The topological polar surface area (TPSA) is 114 Å². The Balaban J connectivity index is 1.88. The number of nitrogens with zero attached hydrogens (tertiary/aromatic N) is 4. The Kier molecular flexibility index (Phi) is 3.28. The summed E-state index contributed by atoms with van der Waals surface area (Å²) < 4.78 is 1.49. The third-order valence-electron chi connectivity index (χ3n) is 2.82. The maximum absolute atomic E-state index is 11.6. The second-order valence-corrected chi connectivity index (χ2v) is 4.52. The van der Waals surface area contributed by atoms with E-state index in [2.05, 4.69) is 10.3 Å². The van der Waals surface area contributed by atoms with Gasteiger partial charge in [0.05, 0.1) is 12.2 Å². The minimum absolute atomic E-state index is 0.00244. The van der Waals surface area contributed by atoms with Gasteiger partial charge < -0.3 is 15.7 Å². The molecule has 0 saturated carbocycles. The Morgan fingerprint density at radius 1 is 1.61 bits per heavy atom. The molecule has 1 unspecified atom stereocenters. The first kappa shape index (κ1) is 12.5. The Morgan fingerprint density at radius 2 is 2.28 bits per heavy atom. The van der Waals surface area contributed by atoms with Crippen LogP contribution in [0.4, 0.5) is 0 Å². The normalized spacial score (nSPS) is 17.3. The second kappa shape index (κ2) is 4.73. The number of nitrogens with two attached hydrogens (primary N) is 1. The smallest absolute Gasteiger partial charge is 0.358 e. The number of hydrogen-bond acceptors (Lipinski definition) is 5. The fourth-order valence-corrected chi connectivity index (χ4v) is 1.78. The summed E-state index contributed by atoms with van der Waals surface area (Å²) in [5.41, 5.74) is 5.46. The highest BCUT2D eigenvalue weighted by atomic mass is 16.4. The molecular weight excluding hydrogens is 238 g/mol. The van der Waals surface area contributed by atoms with Gasteiger partial charge in [0.1, 0.15) is 0 Å². The van der Waals surface area contributed by atoms with E-state index in [0.717, 1.165) is 0 Å². The second-order valence-electron chi connectivity index (χ2n) is 4.52. The third-order valence-corrected chi connectivity index (χ3v) is 2.82. The summed E-state index contributed by atoms with van der Waals surface area (Å²) in [4.78, 5) is 24.0. The number of carboxylic acid groups (broad SMARTS) is 1. The zero-order valence-electron chi connectivity index (χ0n) is 9.98. The predicted molar refractivity (Wildman–Crippen MR) is 60.9 cm³/mol. The molecule has 1 aliphatic rings. The third kappa shape index (κ3) is 2.48. The Hall–Kier alpha value is -1.96. The molecule has 3 N–H and O–H groups in total. The summed E-state index contributed by atoms with van der Waals surface area (Å²) in [5, 5.41) is 16.0. The van der Waals surface area contributed by atoms with Crippen LogP contribution in [-0.2, 0) is 4.79 Å². The molecule has 98 valence electrons. The molecule has 1 aromatic rings. The molecule has 2 rings (SSSR count). The van der Waals surface area contributed by atoms with E-state index in [1.165, 1.54) is 10.9 Å². The molecule has 2 heterocycles. The van der Waals surface area contributed by atoms with E-state index in [-0.39, 0.29) is 23.7 Å². The summed E-state index contributed by atoms with van der Waals surface area (Å²) in [6.45, 7) is 2.83. The van der Waals surface area contributed by atoms with Gasteiger partial charge in [0.25, 0.3) is 0 Å². The molecule has 0 aromatic carbocycles. The van der Waals surface area contributed by atoms with E-state index in [0.29, 0.717) is 19.5 Å². The quantitative estimate of drug-likeness (QED) is 0.718. The van der Waals surface area contributed by atoms with Gasteiger partial charge in [-0.25, -0.2) is 9.48 Å². The lowest BCUT2D eigenvalue weighted by atomic mass is 10.1. The molecule has 0 spiro atoms. The molecular formula is C10H15N5O3. The van der Waals surface area contributed by atoms with Gasteiger partial charge >= 0.3 is 5.97 Å². The molecule has 1 saturated heterocycles. The highest BCUT2D eigenvalue weighted by Crippen LogP contribution is 2.21. The number of amides is 1. The number of carboxylic acids is 1. The number of aromatic nitrogens is 3. The van der Waals surface area contributed by atoms with Gasteiger partial charge in [-0.3, -0.25) is 4.79 Å².